The number of aryl methyl sites for hydroxylation is 2. The van der Waals surface area contributed by atoms with E-state index in [0.29, 0.717) is 22.6 Å². The Labute approximate surface area is 220 Å². The van der Waals surface area contributed by atoms with E-state index in [4.69, 9.17) is 10.2 Å². The van der Waals surface area contributed by atoms with Gasteiger partial charge in [0.1, 0.15) is 17.9 Å². The first-order valence-corrected chi connectivity index (χ1v) is 12.5. The minimum absolute atomic E-state index is 0.0438. The van der Waals surface area contributed by atoms with E-state index in [1.54, 1.807) is 30.5 Å². The predicted molar refractivity (Wildman–Crippen MR) is 141 cm³/mol. The summed E-state index contributed by atoms with van der Waals surface area (Å²) in [6, 6.07) is 17.1. The number of aliphatic hydroxyl groups excluding tert-OH is 1. The maximum Gasteiger partial charge on any atom is 0.254 e. The fraction of sp³-hybridized carbons (Fsp3) is 0.267. The smallest absolute Gasteiger partial charge is 0.254 e. The Kier molecular flexibility index (Phi) is 8.66. The number of nitrogens with two attached hydrogens (primary N) is 1. The van der Waals surface area contributed by atoms with Crippen molar-refractivity contribution in [3.8, 4) is 11.5 Å². The molecule has 198 valence electrons. The molecule has 6 nitrogen and oxygen atoms in total. The fourth-order valence-electron chi connectivity index (χ4n) is 4.34. The number of oxazole rings is 1. The lowest BCUT2D eigenvalue weighted by Gasteiger charge is -2.28. The average Bonchev–Trinajstić information content (AvgIpc) is 3.33. The topological polar surface area (TPSA) is 92.6 Å². The monoisotopic (exact) mass is 519 g/mol. The second-order valence-electron chi connectivity index (χ2n) is 9.45. The standard InChI is InChI=1S/C30H31F2N3O3/c1-3-20-6-4-7-21(10-20)16-35(17-28(36)27(33)13-22-11-25(31)15-26(32)12-22)30(37)24-9-5-8-23(14-24)29-34-19(2)18-38-29/h4-12,14-15,18,27-28,36H,3,13,16-17,33H2,1-2H3. The number of carbonyl (C=O) groups is 1. The van der Waals surface area contributed by atoms with Gasteiger partial charge in [0, 0.05) is 36.3 Å². The van der Waals surface area contributed by atoms with Gasteiger partial charge in [-0.1, -0.05) is 37.3 Å². The summed E-state index contributed by atoms with van der Waals surface area (Å²) in [6.07, 6.45) is 1.29. The molecule has 0 aliphatic carbocycles. The highest BCUT2D eigenvalue weighted by atomic mass is 19.1. The third kappa shape index (κ3) is 6.90. The van der Waals surface area contributed by atoms with Crippen molar-refractivity contribution in [2.45, 2.75) is 45.4 Å². The van der Waals surface area contributed by atoms with E-state index in [0.717, 1.165) is 29.3 Å². The Bertz CT molecular complexity index is 1380. The number of aromatic nitrogens is 1. The molecule has 0 saturated heterocycles. The zero-order chi connectivity index (χ0) is 27.2. The molecular weight excluding hydrogens is 488 g/mol. The number of rotatable bonds is 10. The minimum atomic E-state index is -1.14. The van der Waals surface area contributed by atoms with Gasteiger partial charge in [-0.3, -0.25) is 4.79 Å². The Morgan fingerprint density at radius 2 is 1.74 bits per heavy atom. The van der Waals surface area contributed by atoms with Crippen molar-refractivity contribution >= 4 is 5.91 Å². The SMILES string of the molecule is CCc1cccc(CN(CC(O)C(N)Cc2cc(F)cc(F)c2)C(=O)c2cccc(-c3nc(C)co3)c2)c1. The molecule has 0 saturated carbocycles. The molecule has 8 heteroatoms. The molecule has 0 fully saturated rings. The van der Waals surface area contributed by atoms with Crippen LogP contribution in [0.1, 0.15) is 39.7 Å². The van der Waals surface area contributed by atoms with Gasteiger partial charge in [0.05, 0.1) is 11.8 Å². The van der Waals surface area contributed by atoms with Gasteiger partial charge < -0.3 is 20.2 Å². The van der Waals surface area contributed by atoms with Crippen molar-refractivity contribution in [1.82, 2.24) is 9.88 Å². The third-order valence-corrected chi connectivity index (χ3v) is 6.33. The second kappa shape index (κ2) is 12.1. The molecule has 0 aliphatic heterocycles. The molecule has 3 N–H and O–H groups in total. The van der Waals surface area contributed by atoms with Crippen molar-refractivity contribution in [1.29, 1.82) is 0 Å². The Balaban J connectivity index is 1.58. The molecule has 0 radical (unpaired) electrons. The zero-order valence-electron chi connectivity index (χ0n) is 21.4. The summed E-state index contributed by atoms with van der Waals surface area (Å²) in [5, 5.41) is 11.0. The molecular formula is C30H31F2N3O3. The normalized spacial score (nSPS) is 12.8. The summed E-state index contributed by atoms with van der Waals surface area (Å²) < 4.78 is 32.8. The Morgan fingerprint density at radius 3 is 2.42 bits per heavy atom. The van der Waals surface area contributed by atoms with Crippen LogP contribution in [-0.4, -0.2) is 39.6 Å². The van der Waals surface area contributed by atoms with E-state index in [1.807, 2.05) is 31.2 Å². The van der Waals surface area contributed by atoms with Crippen LogP contribution in [0.4, 0.5) is 8.78 Å². The van der Waals surface area contributed by atoms with Crippen LogP contribution in [0.3, 0.4) is 0 Å². The van der Waals surface area contributed by atoms with Crippen molar-refractivity contribution in [3.05, 3.63) is 113 Å². The number of amides is 1. The van der Waals surface area contributed by atoms with Gasteiger partial charge in [0.25, 0.3) is 5.91 Å². The molecule has 1 heterocycles. The minimum Gasteiger partial charge on any atom is -0.444 e. The first-order valence-electron chi connectivity index (χ1n) is 12.5. The maximum absolute atomic E-state index is 13.7. The number of hydrogen-bond acceptors (Lipinski definition) is 5. The summed E-state index contributed by atoms with van der Waals surface area (Å²) in [7, 11) is 0. The first kappa shape index (κ1) is 27.2. The molecule has 1 aromatic heterocycles. The van der Waals surface area contributed by atoms with Crippen LogP contribution >= 0.6 is 0 Å². The second-order valence-corrected chi connectivity index (χ2v) is 9.45. The lowest BCUT2D eigenvalue weighted by atomic mass is 10.0. The van der Waals surface area contributed by atoms with Gasteiger partial charge >= 0.3 is 0 Å². The molecule has 0 spiro atoms. The highest BCUT2D eigenvalue weighted by molar-refractivity contribution is 5.95. The van der Waals surface area contributed by atoms with Gasteiger partial charge in [-0.05, 0) is 66.8 Å². The van der Waals surface area contributed by atoms with E-state index in [-0.39, 0.29) is 25.4 Å². The van der Waals surface area contributed by atoms with Crippen molar-refractivity contribution in [3.63, 3.8) is 0 Å². The molecule has 2 unspecified atom stereocenters. The highest BCUT2D eigenvalue weighted by Gasteiger charge is 2.24. The lowest BCUT2D eigenvalue weighted by molar-refractivity contribution is 0.0554. The largest absolute Gasteiger partial charge is 0.444 e. The molecule has 4 aromatic rings. The predicted octanol–water partition coefficient (Wildman–Crippen LogP) is 5.06. The molecule has 3 aromatic carbocycles. The summed E-state index contributed by atoms with van der Waals surface area (Å²) in [4.78, 5) is 19.6. The van der Waals surface area contributed by atoms with E-state index < -0.39 is 23.8 Å². The number of halogens is 2. The molecule has 0 bridgehead atoms. The van der Waals surface area contributed by atoms with Crippen LogP contribution in [0, 0.1) is 18.6 Å². The zero-order valence-corrected chi connectivity index (χ0v) is 21.4. The lowest BCUT2D eigenvalue weighted by Crippen LogP contribution is -2.46. The van der Waals surface area contributed by atoms with E-state index >= 15 is 0 Å². The highest BCUT2D eigenvalue weighted by Crippen LogP contribution is 2.22. The van der Waals surface area contributed by atoms with Gasteiger partial charge in [0.15, 0.2) is 0 Å². The number of carbonyl (C=O) groups excluding carboxylic acids is 1. The Morgan fingerprint density at radius 1 is 1.03 bits per heavy atom. The molecule has 1 amide bonds. The average molecular weight is 520 g/mol. The summed E-state index contributed by atoms with van der Waals surface area (Å²) in [5.41, 5.74) is 10.4. The van der Waals surface area contributed by atoms with Crippen molar-refractivity contribution in [2.75, 3.05) is 6.54 Å². The Hall–Kier alpha value is -3.88. The van der Waals surface area contributed by atoms with Crippen molar-refractivity contribution in [2.24, 2.45) is 5.73 Å². The first-order chi connectivity index (χ1) is 18.2. The summed E-state index contributed by atoms with van der Waals surface area (Å²) >= 11 is 0. The van der Waals surface area contributed by atoms with Crippen LogP contribution < -0.4 is 5.73 Å². The number of benzene rings is 3. The van der Waals surface area contributed by atoms with Gasteiger partial charge in [0.2, 0.25) is 5.89 Å². The molecule has 4 rings (SSSR count). The van der Waals surface area contributed by atoms with E-state index in [9.17, 15) is 18.7 Å². The van der Waals surface area contributed by atoms with Crippen LogP contribution in [0.25, 0.3) is 11.5 Å². The van der Waals surface area contributed by atoms with Crippen LogP contribution in [-0.2, 0) is 19.4 Å². The van der Waals surface area contributed by atoms with E-state index in [2.05, 4.69) is 11.9 Å². The molecule has 38 heavy (non-hydrogen) atoms. The van der Waals surface area contributed by atoms with Gasteiger partial charge in [-0.2, -0.15) is 0 Å². The summed E-state index contributed by atoms with van der Waals surface area (Å²) in [5.74, 6) is -1.32. The van der Waals surface area contributed by atoms with Crippen LogP contribution in [0.2, 0.25) is 0 Å². The fourth-order valence-corrected chi connectivity index (χ4v) is 4.34. The number of aliphatic hydroxyl groups is 1. The molecule has 2 atom stereocenters. The quantitative estimate of drug-likeness (QED) is 0.305. The third-order valence-electron chi connectivity index (χ3n) is 6.33. The van der Waals surface area contributed by atoms with E-state index in [1.165, 1.54) is 17.0 Å². The van der Waals surface area contributed by atoms with Gasteiger partial charge in [-0.15, -0.1) is 0 Å². The number of hydrogen-bond donors (Lipinski definition) is 2. The van der Waals surface area contributed by atoms with Gasteiger partial charge in [-0.25, -0.2) is 13.8 Å². The van der Waals surface area contributed by atoms with Crippen LogP contribution in [0.15, 0.2) is 77.4 Å². The maximum atomic E-state index is 13.7. The van der Waals surface area contributed by atoms with Crippen molar-refractivity contribution < 1.29 is 23.1 Å². The van der Waals surface area contributed by atoms with Crippen LogP contribution in [0.5, 0.6) is 0 Å². The number of nitrogens with zero attached hydrogens (tertiary/aromatic N) is 2. The summed E-state index contributed by atoms with van der Waals surface area (Å²) in [6.45, 7) is 4.04. The molecule has 0 aliphatic rings.